The number of morpholine rings is 1. The normalized spacial score (nSPS) is 27.3. The van der Waals surface area contributed by atoms with E-state index in [-0.39, 0.29) is 5.92 Å². The zero-order valence-corrected chi connectivity index (χ0v) is 14.6. The van der Waals surface area contributed by atoms with Gasteiger partial charge in [-0.05, 0) is 44.7 Å². The van der Waals surface area contributed by atoms with Gasteiger partial charge in [-0.15, -0.1) is 11.3 Å². The van der Waals surface area contributed by atoms with Gasteiger partial charge in [-0.2, -0.15) is 0 Å². The number of rotatable bonds is 3. The number of piperidine rings is 1. The molecular formula is C17H25N3O2S. The molecule has 126 valence electrons. The second-order valence-corrected chi connectivity index (χ2v) is 8.25. The number of amides is 1. The zero-order chi connectivity index (χ0) is 15.9. The Balaban J connectivity index is 1.29. The summed E-state index contributed by atoms with van der Waals surface area (Å²) in [6.07, 6.45) is 3.43. The average molecular weight is 335 g/mol. The lowest BCUT2D eigenvalue weighted by molar-refractivity contribution is -0.137. The summed E-state index contributed by atoms with van der Waals surface area (Å²) in [7, 11) is 0. The summed E-state index contributed by atoms with van der Waals surface area (Å²) in [4.78, 5) is 21.7. The molecule has 3 fully saturated rings. The summed E-state index contributed by atoms with van der Waals surface area (Å²) in [5.41, 5.74) is 1.50. The SMILES string of the molecule is Cc1nc(CN2CCC3(CC2)C[C@H]3C(=O)N2CCOCC2)cs1. The predicted molar refractivity (Wildman–Crippen MR) is 89.3 cm³/mol. The molecule has 1 saturated carbocycles. The van der Waals surface area contributed by atoms with Crippen molar-refractivity contribution in [1.29, 1.82) is 0 Å². The summed E-state index contributed by atoms with van der Waals surface area (Å²) in [5.74, 6) is 0.668. The van der Waals surface area contributed by atoms with E-state index in [2.05, 4.69) is 22.2 Å². The van der Waals surface area contributed by atoms with Crippen molar-refractivity contribution in [3.8, 4) is 0 Å². The Kier molecular flexibility index (Phi) is 4.15. The van der Waals surface area contributed by atoms with Crippen LogP contribution in [0.5, 0.6) is 0 Å². The van der Waals surface area contributed by atoms with Crippen LogP contribution >= 0.6 is 11.3 Å². The largest absolute Gasteiger partial charge is 0.378 e. The maximum Gasteiger partial charge on any atom is 0.226 e. The molecule has 1 amide bonds. The van der Waals surface area contributed by atoms with Crippen molar-refractivity contribution in [2.24, 2.45) is 11.3 Å². The van der Waals surface area contributed by atoms with Gasteiger partial charge in [0.15, 0.2) is 0 Å². The van der Waals surface area contributed by atoms with E-state index in [9.17, 15) is 4.79 Å². The second-order valence-electron chi connectivity index (χ2n) is 7.19. The lowest BCUT2D eigenvalue weighted by atomic mass is 9.90. The first kappa shape index (κ1) is 15.5. The highest BCUT2D eigenvalue weighted by Gasteiger charge is 2.59. The van der Waals surface area contributed by atoms with Gasteiger partial charge in [0.25, 0.3) is 0 Å². The molecule has 2 aliphatic heterocycles. The second kappa shape index (κ2) is 6.15. The van der Waals surface area contributed by atoms with Gasteiger partial charge in [0.1, 0.15) is 0 Å². The Morgan fingerprint density at radius 3 is 2.74 bits per heavy atom. The fourth-order valence-corrected chi connectivity index (χ4v) is 4.72. The summed E-state index contributed by atoms with van der Waals surface area (Å²) >= 11 is 1.73. The Morgan fingerprint density at radius 2 is 2.09 bits per heavy atom. The molecule has 0 aromatic carbocycles. The quantitative estimate of drug-likeness (QED) is 0.846. The standard InChI is InChI=1S/C17H25N3O2S/c1-13-18-14(12-23-13)11-19-4-2-17(3-5-19)10-15(17)16(21)20-6-8-22-9-7-20/h12,15H,2-11H2,1H3/t15-/m0/s1. The molecule has 3 aliphatic rings. The maximum absolute atomic E-state index is 12.7. The molecule has 2 saturated heterocycles. The molecule has 0 bridgehead atoms. The molecule has 1 aromatic heterocycles. The molecule has 0 unspecified atom stereocenters. The van der Waals surface area contributed by atoms with Crippen molar-refractivity contribution in [3.63, 3.8) is 0 Å². The number of hydrogen-bond acceptors (Lipinski definition) is 5. The Bertz CT molecular complexity index is 574. The number of aryl methyl sites for hydroxylation is 1. The Hall–Kier alpha value is -0.980. The Morgan fingerprint density at radius 1 is 1.35 bits per heavy atom. The third-order valence-electron chi connectivity index (χ3n) is 5.71. The van der Waals surface area contributed by atoms with E-state index in [0.717, 1.165) is 57.0 Å². The average Bonchev–Trinajstić information content (AvgIpc) is 3.13. The van der Waals surface area contributed by atoms with Gasteiger partial charge in [-0.1, -0.05) is 0 Å². The first-order valence-corrected chi connectivity index (χ1v) is 9.54. The molecule has 23 heavy (non-hydrogen) atoms. The van der Waals surface area contributed by atoms with Crippen molar-refractivity contribution >= 4 is 17.2 Å². The minimum atomic E-state index is 0.282. The zero-order valence-electron chi connectivity index (χ0n) is 13.8. The van der Waals surface area contributed by atoms with Crippen LogP contribution in [-0.4, -0.2) is 60.1 Å². The van der Waals surface area contributed by atoms with Crippen molar-refractivity contribution < 1.29 is 9.53 Å². The van der Waals surface area contributed by atoms with Crippen molar-refractivity contribution in [1.82, 2.24) is 14.8 Å². The van der Waals surface area contributed by atoms with Gasteiger partial charge >= 0.3 is 0 Å². The van der Waals surface area contributed by atoms with Crippen LogP contribution in [-0.2, 0) is 16.1 Å². The number of likely N-dealkylation sites (tertiary alicyclic amines) is 1. The molecule has 0 N–H and O–H groups in total. The molecule has 5 nitrogen and oxygen atoms in total. The highest BCUT2D eigenvalue weighted by Crippen LogP contribution is 2.60. The van der Waals surface area contributed by atoms with Gasteiger partial charge < -0.3 is 9.64 Å². The van der Waals surface area contributed by atoms with Crippen molar-refractivity contribution in [2.75, 3.05) is 39.4 Å². The molecule has 3 heterocycles. The number of aromatic nitrogens is 1. The van der Waals surface area contributed by atoms with Crippen LogP contribution in [0.3, 0.4) is 0 Å². The third-order valence-corrected chi connectivity index (χ3v) is 6.54. The lowest BCUT2D eigenvalue weighted by Crippen LogP contribution is -2.43. The maximum atomic E-state index is 12.7. The van der Waals surface area contributed by atoms with E-state index in [1.165, 1.54) is 5.69 Å². The van der Waals surface area contributed by atoms with Crippen LogP contribution in [0.4, 0.5) is 0 Å². The number of ether oxygens (including phenoxy) is 1. The predicted octanol–water partition coefficient (Wildman–Crippen LogP) is 1.91. The summed E-state index contributed by atoms with van der Waals surface area (Å²) < 4.78 is 5.35. The lowest BCUT2D eigenvalue weighted by Gasteiger charge is -2.33. The fraction of sp³-hybridized carbons (Fsp3) is 0.765. The molecule has 1 aromatic rings. The molecule has 1 spiro atoms. The van der Waals surface area contributed by atoms with Crippen molar-refractivity contribution in [3.05, 3.63) is 16.1 Å². The van der Waals surface area contributed by atoms with E-state index in [1.54, 1.807) is 11.3 Å². The van der Waals surface area contributed by atoms with Crippen LogP contribution in [0, 0.1) is 18.3 Å². The third kappa shape index (κ3) is 3.16. The van der Waals surface area contributed by atoms with E-state index in [1.807, 2.05) is 4.90 Å². The monoisotopic (exact) mass is 335 g/mol. The van der Waals surface area contributed by atoms with Crippen LogP contribution in [0.15, 0.2) is 5.38 Å². The van der Waals surface area contributed by atoms with Gasteiger partial charge in [0, 0.05) is 30.9 Å². The number of carbonyl (C=O) groups excluding carboxylic acids is 1. The molecule has 1 atom stereocenters. The first-order valence-electron chi connectivity index (χ1n) is 8.66. The van der Waals surface area contributed by atoms with Gasteiger partial charge in [0.05, 0.1) is 23.9 Å². The smallest absolute Gasteiger partial charge is 0.226 e. The fourth-order valence-electron chi connectivity index (χ4n) is 4.12. The van der Waals surface area contributed by atoms with E-state index in [4.69, 9.17) is 4.74 Å². The molecule has 0 radical (unpaired) electrons. The van der Waals surface area contributed by atoms with Crippen LogP contribution in [0.25, 0.3) is 0 Å². The summed E-state index contributed by atoms with van der Waals surface area (Å²) in [6, 6.07) is 0. The van der Waals surface area contributed by atoms with Gasteiger partial charge in [-0.25, -0.2) is 4.98 Å². The molecule has 4 rings (SSSR count). The van der Waals surface area contributed by atoms with Crippen molar-refractivity contribution in [2.45, 2.75) is 32.7 Å². The number of carbonyl (C=O) groups is 1. The summed E-state index contributed by atoms with van der Waals surface area (Å²) in [6.45, 7) is 8.18. The minimum absolute atomic E-state index is 0.282. The topological polar surface area (TPSA) is 45.7 Å². The first-order chi connectivity index (χ1) is 11.2. The van der Waals surface area contributed by atoms with E-state index in [0.29, 0.717) is 24.5 Å². The number of thiazole rings is 1. The van der Waals surface area contributed by atoms with E-state index >= 15 is 0 Å². The highest BCUT2D eigenvalue weighted by atomic mass is 32.1. The molecular weight excluding hydrogens is 310 g/mol. The van der Waals surface area contributed by atoms with Crippen LogP contribution in [0.2, 0.25) is 0 Å². The number of nitrogens with zero attached hydrogens (tertiary/aromatic N) is 3. The van der Waals surface area contributed by atoms with Gasteiger partial charge in [-0.3, -0.25) is 9.69 Å². The summed E-state index contributed by atoms with van der Waals surface area (Å²) in [5, 5.41) is 3.31. The highest BCUT2D eigenvalue weighted by molar-refractivity contribution is 7.09. The van der Waals surface area contributed by atoms with Gasteiger partial charge in [0.2, 0.25) is 5.91 Å². The molecule has 6 heteroatoms. The molecule has 1 aliphatic carbocycles. The van der Waals surface area contributed by atoms with Crippen LogP contribution in [0.1, 0.15) is 30.0 Å². The van der Waals surface area contributed by atoms with E-state index < -0.39 is 0 Å². The Labute approximate surface area is 141 Å². The number of hydrogen-bond donors (Lipinski definition) is 0. The minimum Gasteiger partial charge on any atom is -0.378 e. The van der Waals surface area contributed by atoms with Crippen LogP contribution < -0.4 is 0 Å².